The van der Waals surface area contributed by atoms with Crippen LogP contribution in [0.3, 0.4) is 0 Å². The van der Waals surface area contributed by atoms with Gasteiger partial charge in [-0.15, -0.1) is 0 Å². The highest BCUT2D eigenvalue weighted by molar-refractivity contribution is 5.72. The van der Waals surface area contributed by atoms with E-state index >= 15 is 0 Å². The van der Waals surface area contributed by atoms with Crippen molar-refractivity contribution in [3.63, 3.8) is 0 Å². The van der Waals surface area contributed by atoms with E-state index in [1.165, 1.54) is 7.11 Å². The van der Waals surface area contributed by atoms with E-state index < -0.39 is 17.8 Å². The number of amides is 1. The number of ether oxygens (including phenoxy) is 3. The Morgan fingerprint density at radius 1 is 1.16 bits per heavy atom. The van der Waals surface area contributed by atoms with Crippen LogP contribution in [-0.4, -0.2) is 66.2 Å². The van der Waals surface area contributed by atoms with E-state index in [2.05, 4.69) is 0 Å². The highest BCUT2D eigenvalue weighted by atomic mass is 16.6. The number of aliphatic hydroxyl groups excluding tert-OH is 1. The van der Waals surface area contributed by atoms with Crippen LogP contribution >= 0.6 is 0 Å². The molecule has 1 aliphatic carbocycles. The first kappa shape index (κ1) is 20.0. The SMILES string of the molecule is COC(=O)C1CCC(OC[C@@H]2C[C@@H](O)CN2C(=O)OC(C)(C)C)CC1. The average Bonchev–Trinajstić information content (AvgIpc) is 2.92. The van der Waals surface area contributed by atoms with Crippen molar-refractivity contribution >= 4 is 12.1 Å². The molecule has 1 saturated carbocycles. The summed E-state index contributed by atoms with van der Waals surface area (Å²) in [6, 6.07) is -0.178. The Bertz CT molecular complexity index is 467. The molecule has 0 spiro atoms. The maximum Gasteiger partial charge on any atom is 0.410 e. The first-order valence-electron chi connectivity index (χ1n) is 9.06. The zero-order valence-electron chi connectivity index (χ0n) is 15.7. The summed E-state index contributed by atoms with van der Waals surface area (Å²) in [5.74, 6) is -0.176. The van der Waals surface area contributed by atoms with Crippen molar-refractivity contribution in [2.24, 2.45) is 5.92 Å². The van der Waals surface area contributed by atoms with Gasteiger partial charge in [0.1, 0.15) is 5.60 Å². The third kappa shape index (κ3) is 5.85. The number of methoxy groups -OCH3 is 1. The molecule has 0 bridgehead atoms. The van der Waals surface area contributed by atoms with Gasteiger partial charge in [0, 0.05) is 0 Å². The zero-order chi connectivity index (χ0) is 18.6. The lowest BCUT2D eigenvalue weighted by Crippen LogP contribution is -2.42. The maximum absolute atomic E-state index is 12.3. The molecule has 0 unspecified atom stereocenters. The number of likely N-dealkylation sites (tertiary alicyclic amines) is 1. The fourth-order valence-corrected chi connectivity index (χ4v) is 3.47. The Labute approximate surface area is 149 Å². The molecule has 0 aromatic heterocycles. The predicted molar refractivity (Wildman–Crippen MR) is 91.1 cm³/mol. The van der Waals surface area contributed by atoms with Crippen molar-refractivity contribution in [3.8, 4) is 0 Å². The van der Waals surface area contributed by atoms with Gasteiger partial charge in [-0.2, -0.15) is 0 Å². The van der Waals surface area contributed by atoms with E-state index in [1.807, 2.05) is 20.8 Å². The van der Waals surface area contributed by atoms with Gasteiger partial charge < -0.3 is 24.2 Å². The Kier molecular flexibility index (Phi) is 6.68. The minimum Gasteiger partial charge on any atom is -0.469 e. The van der Waals surface area contributed by atoms with Crippen LogP contribution in [0.2, 0.25) is 0 Å². The molecule has 1 amide bonds. The molecule has 0 aromatic carbocycles. The van der Waals surface area contributed by atoms with Gasteiger partial charge in [0.25, 0.3) is 0 Å². The highest BCUT2D eigenvalue weighted by Crippen LogP contribution is 2.28. The molecule has 1 heterocycles. The summed E-state index contributed by atoms with van der Waals surface area (Å²) in [6.07, 6.45) is 2.77. The third-order valence-electron chi connectivity index (χ3n) is 4.75. The van der Waals surface area contributed by atoms with E-state index in [-0.39, 0.29) is 30.6 Å². The van der Waals surface area contributed by atoms with E-state index in [1.54, 1.807) is 4.90 Å². The summed E-state index contributed by atoms with van der Waals surface area (Å²) in [5, 5.41) is 9.92. The maximum atomic E-state index is 12.3. The van der Waals surface area contributed by atoms with Crippen LogP contribution in [0, 0.1) is 5.92 Å². The lowest BCUT2D eigenvalue weighted by molar-refractivity contribution is -0.147. The second kappa shape index (κ2) is 8.36. The van der Waals surface area contributed by atoms with Crippen molar-refractivity contribution in [2.45, 2.75) is 76.7 Å². The first-order chi connectivity index (χ1) is 11.7. The van der Waals surface area contributed by atoms with Gasteiger partial charge in [0.15, 0.2) is 0 Å². The monoisotopic (exact) mass is 357 g/mol. The largest absolute Gasteiger partial charge is 0.469 e. The number of aliphatic hydroxyl groups is 1. The van der Waals surface area contributed by atoms with Gasteiger partial charge >= 0.3 is 12.1 Å². The van der Waals surface area contributed by atoms with Crippen LogP contribution in [0.25, 0.3) is 0 Å². The molecule has 2 atom stereocenters. The number of rotatable bonds is 4. The summed E-state index contributed by atoms with van der Waals surface area (Å²) in [6.45, 7) is 6.12. The summed E-state index contributed by atoms with van der Waals surface area (Å²) in [7, 11) is 1.42. The molecule has 2 fully saturated rings. The number of hydrogen-bond acceptors (Lipinski definition) is 6. The van der Waals surface area contributed by atoms with Crippen LogP contribution in [0.4, 0.5) is 4.79 Å². The second-order valence-corrected chi connectivity index (χ2v) is 8.01. The van der Waals surface area contributed by atoms with Crippen molar-refractivity contribution in [1.82, 2.24) is 4.90 Å². The van der Waals surface area contributed by atoms with Gasteiger partial charge in [-0.05, 0) is 52.9 Å². The Morgan fingerprint density at radius 2 is 1.80 bits per heavy atom. The third-order valence-corrected chi connectivity index (χ3v) is 4.75. The Balaban J connectivity index is 1.81. The highest BCUT2D eigenvalue weighted by Gasteiger charge is 2.37. The molecular formula is C18H31NO6. The van der Waals surface area contributed by atoms with Crippen LogP contribution in [0.1, 0.15) is 52.9 Å². The summed E-state index contributed by atoms with van der Waals surface area (Å²) in [5.41, 5.74) is -0.567. The quantitative estimate of drug-likeness (QED) is 0.776. The summed E-state index contributed by atoms with van der Waals surface area (Å²) in [4.78, 5) is 25.4. The fourth-order valence-electron chi connectivity index (χ4n) is 3.47. The van der Waals surface area contributed by atoms with Crippen molar-refractivity contribution in [2.75, 3.05) is 20.3 Å². The van der Waals surface area contributed by atoms with Crippen LogP contribution in [0.15, 0.2) is 0 Å². The molecule has 2 rings (SSSR count). The number of hydrogen-bond donors (Lipinski definition) is 1. The normalized spacial score (nSPS) is 30.2. The van der Waals surface area contributed by atoms with Gasteiger partial charge in [0.2, 0.25) is 0 Å². The lowest BCUT2D eigenvalue weighted by atomic mass is 9.87. The van der Waals surface area contributed by atoms with Crippen molar-refractivity contribution < 1.29 is 28.9 Å². The molecule has 1 N–H and O–H groups in total. The molecule has 7 nitrogen and oxygen atoms in total. The minimum absolute atomic E-state index is 0.0311. The van der Waals surface area contributed by atoms with E-state index in [0.29, 0.717) is 13.0 Å². The van der Waals surface area contributed by atoms with Crippen LogP contribution < -0.4 is 0 Å². The van der Waals surface area contributed by atoms with Gasteiger partial charge in [0.05, 0.1) is 44.4 Å². The summed E-state index contributed by atoms with van der Waals surface area (Å²) >= 11 is 0. The lowest BCUT2D eigenvalue weighted by Gasteiger charge is -2.31. The Hall–Kier alpha value is -1.34. The van der Waals surface area contributed by atoms with E-state index in [0.717, 1.165) is 25.7 Å². The smallest absolute Gasteiger partial charge is 0.410 e. The fraction of sp³-hybridized carbons (Fsp3) is 0.889. The van der Waals surface area contributed by atoms with Crippen LogP contribution in [0.5, 0.6) is 0 Å². The molecule has 2 aliphatic rings. The van der Waals surface area contributed by atoms with Crippen molar-refractivity contribution in [1.29, 1.82) is 0 Å². The minimum atomic E-state index is -0.567. The number of carbonyl (C=O) groups excluding carboxylic acids is 2. The van der Waals surface area contributed by atoms with Crippen LogP contribution in [-0.2, 0) is 19.0 Å². The molecule has 7 heteroatoms. The molecule has 144 valence electrons. The zero-order valence-corrected chi connectivity index (χ0v) is 15.7. The van der Waals surface area contributed by atoms with Gasteiger partial charge in [-0.25, -0.2) is 4.79 Å². The molecule has 0 radical (unpaired) electrons. The van der Waals surface area contributed by atoms with E-state index in [4.69, 9.17) is 14.2 Å². The van der Waals surface area contributed by atoms with Gasteiger partial charge in [-0.1, -0.05) is 0 Å². The molecular weight excluding hydrogens is 326 g/mol. The number of esters is 1. The number of nitrogens with zero attached hydrogens (tertiary/aromatic N) is 1. The molecule has 1 saturated heterocycles. The molecule has 25 heavy (non-hydrogen) atoms. The topological polar surface area (TPSA) is 85.3 Å². The first-order valence-corrected chi connectivity index (χ1v) is 9.06. The Morgan fingerprint density at radius 3 is 2.36 bits per heavy atom. The van der Waals surface area contributed by atoms with Gasteiger partial charge in [-0.3, -0.25) is 4.79 Å². The molecule has 1 aliphatic heterocycles. The average molecular weight is 357 g/mol. The molecule has 0 aromatic rings. The summed E-state index contributed by atoms with van der Waals surface area (Å²) < 4.78 is 16.2. The van der Waals surface area contributed by atoms with E-state index in [9.17, 15) is 14.7 Å². The number of β-amino-alcohol motifs (C(OH)–C–C–N with tert-alkyl or cyclic N) is 1. The predicted octanol–water partition coefficient (Wildman–Crippen LogP) is 2.11. The standard InChI is InChI=1S/C18H31NO6/c1-18(2,3)25-17(22)19-10-14(20)9-13(19)11-24-15-7-5-12(6-8-15)16(21)23-4/h12-15,20H,5-11H2,1-4H3/t12?,13-,14+,15?/m0/s1. The van der Waals surface area contributed by atoms with Crippen molar-refractivity contribution in [3.05, 3.63) is 0 Å². The number of carbonyl (C=O) groups is 2. The second-order valence-electron chi connectivity index (χ2n) is 8.01.